The Bertz CT molecular complexity index is 884. The number of anilines is 3. The number of benzene rings is 1. The van der Waals surface area contributed by atoms with E-state index in [-0.39, 0.29) is 0 Å². The van der Waals surface area contributed by atoms with E-state index >= 15 is 0 Å². The molecule has 3 heterocycles. The number of fused-ring (bicyclic) bond motifs is 1. The van der Waals surface area contributed by atoms with Gasteiger partial charge < -0.3 is 15.0 Å². The van der Waals surface area contributed by atoms with E-state index in [9.17, 15) is 0 Å². The van der Waals surface area contributed by atoms with Gasteiger partial charge in [0.05, 0.1) is 18.7 Å². The smallest absolute Gasteiger partial charge is 0.231 e. The fourth-order valence-electron chi connectivity index (χ4n) is 3.24. The summed E-state index contributed by atoms with van der Waals surface area (Å²) in [5, 5.41) is 8.66. The van der Waals surface area contributed by atoms with Gasteiger partial charge in [0.25, 0.3) is 0 Å². The maximum Gasteiger partial charge on any atom is 0.231 e. The summed E-state index contributed by atoms with van der Waals surface area (Å²) in [7, 11) is 3.57. The predicted molar refractivity (Wildman–Crippen MR) is 98.6 cm³/mol. The number of methoxy groups -OCH3 is 1. The molecule has 0 atom stereocenters. The number of piperidine rings is 1. The lowest BCUT2D eigenvalue weighted by Gasteiger charge is -2.28. The first-order chi connectivity index (χ1) is 12.2. The second kappa shape index (κ2) is 6.58. The first-order valence-corrected chi connectivity index (χ1v) is 8.60. The normalized spacial score (nSPS) is 14.7. The molecule has 1 aliphatic rings. The molecule has 25 heavy (non-hydrogen) atoms. The van der Waals surface area contributed by atoms with Crippen molar-refractivity contribution in [1.82, 2.24) is 19.7 Å². The van der Waals surface area contributed by atoms with Crippen molar-refractivity contribution in [1.29, 1.82) is 0 Å². The summed E-state index contributed by atoms with van der Waals surface area (Å²) < 4.78 is 7.08. The molecule has 2 aromatic heterocycles. The van der Waals surface area contributed by atoms with Crippen LogP contribution in [0, 0.1) is 0 Å². The van der Waals surface area contributed by atoms with Crippen LogP contribution < -0.4 is 15.0 Å². The molecule has 0 spiro atoms. The number of hydrogen-bond donors (Lipinski definition) is 1. The van der Waals surface area contributed by atoms with Gasteiger partial charge in [-0.25, -0.2) is 0 Å². The summed E-state index contributed by atoms with van der Waals surface area (Å²) in [6.07, 6.45) is 5.54. The van der Waals surface area contributed by atoms with Gasteiger partial charge in [-0.05, 0) is 31.4 Å². The Labute approximate surface area is 146 Å². The van der Waals surface area contributed by atoms with Crippen LogP contribution in [0.2, 0.25) is 0 Å². The van der Waals surface area contributed by atoms with Crippen LogP contribution >= 0.6 is 0 Å². The number of aromatic nitrogens is 4. The topological polar surface area (TPSA) is 68.1 Å². The summed E-state index contributed by atoms with van der Waals surface area (Å²) >= 11 is 0. The first-order valence-electron chi connectivity index (χ1n) is 8.60. The van der Waals surface area contributed by atoms with Crippen LogP contribution in [0.4, 0.5) is 17.5 Å². The molecule has 0 saturated carbocycles. The minimum absolute atomic E-state index is 0.574. The van der Waals surface area contributed by atoms with Crippen molar-refractivity contribution in [3.05, 3.63) is 30.5 Å². The van der Waals surface area contributed by atoms with Crippen LogP contribution in [0.15, 0.2) is 30.5 Å². The largest absolute Gasteiger partial charge is 0.497 e. The van der Waals surface area contributed by atoms with Crippen molar-refractivity contribution in [3.8, 4) is 5.75 Å². The van der Waals surface area contributed by atoms with Gasteiger partial charge in [0.2, 0.25) is 5.95 Å². The van der Waals surface area contributed by atoms with E-state index < -0.39 is 0 Å². The van der Waals surface area contributed by atoms with E-state index in [0.717, 1.165) is 41.4 Å². The Balaban J connectivity index is 1.74. The van der Waals surface area contributed by atoms with E-state index in [0.29, 0.717) is 5.95 Å². The highest BCUT2D eigenvalue weighted by Crippen LogP contribution is 2.28. The maximum absolute atomic E-state index is 5.29. The molecule has 1 fully saturated rings. The van der Waals surface area contributed by atoms with Crippen LogP contribution in [0.1, 0.15) is 19.3 Å². The lowest BCUT2D eigenvalue weighted by Crippen LogP contribution is -2.30. The van der Waals surface area contributed by atoms with Gasteiger partial charge >= 0.3 is 0 Å². The third-order valence-electron chi connectivity index (χ3n) is 4.55. The van der Waals surface area contributed by atoms with Crippen LogP contribution in [0.3, 0.4) is 0 Å². The Morgan fingerprint density at radius 1 is 1.12 bits per heavy atom. The number of rotatable bonds is 4. The van der Waals surface area contributed by atoms with Gasteiger partial charge in [0.1, 0.15) is 11.6 Å². The molecular weight excluding hydrogens is 316 g/mol. The average molecular weight is 338 g/mol. The number of nitrogens with one attached hydrogen (secondary N) is 1. The molecule has 7 heteroatoms. The SMILES string of the molecule is COc1cccc(Nc2nc(N3CCCCC3)c3cnn(C)c3n2)c1. The van der Waals surface area contributed by atoms with Gasteiger partial charge in [0, 0.05) is 31.9 Å². The maximum atomic E-state index is 5.29. The van der Waals surface area contributed by atoms with Gasteiger partial charge in [-0.1, -0.05) is 6.07 Å². The molecule has 0 unspecified atom stereocenters. The van der Waals surface area contributed by atoms with Gasteiger partial charge in [-0.15, -0.1) is 0 Å². The molecule has 4 rings (SSSR count). The Kier molecular flexibility index (Phi) is 4.13. The third-order valence-corrected chi connectivity index (χ3v) is 4.55. The second-order valence-corrected chi connectivity index (χ2v) is 6.28. The zero-order chi connectivity index (χ0) is 17.2. The summed E-state index contributed by atoms with van der Waals surface area (Å²) in [6, 6.07) is 7.75. The average Bonchev–Trinajstić information content (AvgIpc) is 3.03. The molecule has 1 saturated heterocycles. The fourth-order valence-corrected chi connectivity index (χ4v) is 3.24. The summed E-state index contributed by atoms with van der Waals surface area (Å²) in [4.78, 5) is 11.8. The monoisotopic (exact) mass is 338 g/mol. The van der Waals surface area contributed by atoms with Gasteiger partial charge in [-0.2, -0.15) is 15.1 Å². The Morgan fingerprint density at radius 3 is 2.76 bits per heavy atom. The van der Waals surface area contributed by atoms with Gasteiger partial charge in [0.15, 0.2) is 5.65 Å². The molecule has 3 aromatic rings. The van der Waals surface area contributed by atoms with Crippen LogP contribution in [-0.2, 0) is 7.05 Å². The Morgan fingerprint density at radius 2 is 1.96 bits per heavy atom. The lowest BCUT2D eigenvalue weighted by atomic mass is 10.1. The molecule has 1 N–H and O–H groups in total. The molecule has 0 amide bonds. The minimum Gasteiger partial charge on any atom is -0.497 e. The van der Waals surface area contributed by atoms with Crippen LogP contribution in [0.5, 0.6) is 5.75 Å². The molecule has 0 aliphatic carbocycles. The lowest BCUT2D eigenvalue weighted by molar-refractivity contribution is 0.415. The quantitative estimate of drug-likeness (QED) is 0.788. The number of hydrogen-bond acceptors (Lipinski definition) is 6. The van der Waals surface area contributed by atoms with E-state index in [1.807, 2.05) is 37.5 Å². The minimum atomic E-state index is 0.574. The highest BCUT2D eigenvalue weighted by Gasteiger charge is 2.19. The van der Waals surface area contributed by atoms with Crippen molar-refractivity contribution in [2.24, 2.45) is 7.05 Å². The van der Waals surface area contributed by atoms with E-state index in [1.54, 1.807) is 11.8 Å². The van der Waals surface area contributed by atoms with Crippen molar-refractivity contribution in [3.63, 3.8) is 0 Å². The highest BCUT2D eigenvalue weighted by atomic mass is 16.5. The standard InChI is InChI=1S/C18H22N6O/c1-23-16-15(12-19-23)17(24-9-4-3-5-10-24)22-18(21-16)20-13-7-6-8-14(11-13)25-2/h6-8,11-12H,3-5,9-10H2,1-2H3,(H,20,21,22). The van der Waals surface area contributed by atoms with Crippen LogP contribution in [-0.4, -0.2) is 39.9 Å². The summed E-state index contributed by atoms with van der Waals surface area (Å²) in [6.45, 7) is 2.05. The van der Waals surface area contributed by atoms with E-state index in [4.69, 9.17) is 9.72 Å². The van der Waals surface area contributed by atoms with Crippen molar-refractivity contribution < 1.29 is 4.74 Å². The van der Waals surface area contributed by atoms with Crippen molar-refractivity contribution >= 4 is 28.5 Å². The molecule has 0 bridgehead atoms. The van der Waals surface area contributed by atoms with E-state index in [2.05, 4.69) is 20.3 Å². The van der Waals surface area contributed by atoms with E-state index in [1.165, 1.54) is 19.3 Å². The molecule has 130 valence electrons. The summed E-state index contributed by atoms with van der Waals surface area (Å²) in [5.74, 6) is 2.33. The van der Waals surface area contributed by atoms with Gasteiger partial charge in [-0.3, -0.25) is 4.68 Å². The zero-order valence-corrected chi connectivity index (χ0v) is 14.6. The van der Waals surface area contributed by atoms with Crippen molar-refractivity contribution in [2.75, 3.05) is 30.4 Å². The fraction of sp³-hybridized carbons (Fsp3) is 0.389. The Hall–Kier alpha value is -2.83. The van der Waals surface area contributed by atoms with Crippen LogP contribution in [0.25, 0.3) is 11.0 Å². The number of aryl methyl sites for hydroxylation is 1. The molecule has 7 nitrogen and oxygen atoms in total. The first kappa shape index (κ1) is 15.7. The third kappa shape index (κ3) is 3.09. The molecule has 1 aliphatic heterocycles. The molecular formula is C18H22N6O. The van der Waals surface area contributed by atoms with Crippen molar-refractivity contribution in [2.45, 2.75) is 19.3 Å². The zero-order valence-electron chi connectivity index (χ0n) is 14.6. The number of nitrogens with zero attached hydrogens (tertiary/aromatic N) is 5. The summed E-state index contributed by atoms with van der Waals surface area (Å²) in [5.41, 5.74) is 1.73. The second-order valence-electron chi connectivity index (χ2n) is 6.28. The molecule has 1 aromatic carbocycles. The predicted octanol–water partition coefficient (Wildman–Crippen LogP) is 3.11. The molecule has 0 radical (unpaired) electrons. The highest BCUT2D eigenvalue weighted by molar-refractivity contribution is 5.88. The number of ether oxygens (including phenoxy) is 1.